The molecule has 29 heavy (non-hydrogen) atoms. The van der Waals surface area contributed by atoms with Gasteiger partial charge in [-0.05, 0) is 50.3 Å². The molecule has 7 nitrogen and oxygen atoms in total. The van der Waals surface area contributed by atoms with Gasteiger partial charge in [0.1, 0.15) is 10.6 Å². The predicted molar refractivity (Wildman–Crippen MR) is 113 cm³/mol. The van der Waals surface area contributed by atoms with Crippen molar-refractivity contribution >= 4 is 32.0 Å². The average molecular weight is 489 g/mol. The Hall–Kier alpha value is -1.32. The molecule has 1 amide bonds. The van der Waals surface area contributed by atoms with E-state index in [1.807, 2.05) is 20.8 Å². The molecule has 1 aliphatic heterocycles. The van der Waals surface area contributed by atoms with Crippen molar-refractivity contribution < 1.29 is 22.7 Å². The second-order valence-corrected chi connectivity index (χ2v) is 11.3. The maximum atomic E-state index is 12.8. The molecule has 9 heteroatoms. The van der Waals surface area contributed by atoms with E-state index in [1.54, 1.807) is 17.0 Å². The fourth-order valence-corrected chi connectivity index (χ4v) is 4.99. The maximum absolute atomic E-state index is 12.8. The van der Waals surface area contributed by atoms with E-state index >= 15 is 0 Å². The largest absolute Gasteiger partial charge is 0.453 e. The molecule has 1 N–H and O–H groups in total. The van der Waals surface area contributed by atoms with Gasteiger partial charge >= 0.3 is 6.09 Å². The molecule has 1 unspecified atom stereocenters. The monoisotopic (exact) mass is 488 g/mol. The van der Waals surface area contributed by atoms with Crippen molar-refractivity contribution in [3.63, 3.8) is 0 Å². The number of hydrogen-bond acceptors (Lipinski definition) is 5. The Balaban J connectivity index is 1.83. The van der Waals surface area contributed by atoms with E-state index in [1.165, 1.54) is 6.07 Å². The molecule has 1 aromatic rings. The summed E-state index contributed by atoms with van der Waals surface area (Å²) in [6.45, 7) is 6.99. The van der Waals surface area contributed by atoms with Crippen molar-refractivity contribution in [3.05, 3.63) is 22.7 Å². The molecule has 0 radical (unpaired) electrons. The van der Waals surface area contributed by atoms with Crippen LogP contribution in [0.5, 0.6) is 5.75 Å². The zero-order valence-corrected chi connectivity index (χ0v) is 19.5. The Kier molecular flexibility index (Phi) is 6.80. The standard InChI is InChI=1S/C20H29BrN2O5S/c1-20(2,3)18(28-19(24)23-11-5-4-6-12-23)27-16-10-7-14(21)13-17(16)29(25,26)22-15-8-9-15/h7,10,13,15,18,22H,4-6,8-9,11-12H2,1-3H3. The lowest BCUT2D eigenvalue weighted by atomic mass is 9.96. The second kappa shape index (κ2) is 8.81. The molecule has 0 aromatic heterocycles. The number of benzene rings is 1. The molecule has 2 aliphatic rings. The molecule has 1 aromatic carbocycles. The van der Waals surface area contributed by atoms with Crippen molar-refractivity contribution in [3.8, 4) is 5.75 Å². The van der Waals surface area contributed by atoms with Gasteiger partial charge in [0.05, 0.1) is 0 Å². The van der Waals surface area contributed by atoms with Crippen molar-refractivity contribution in [2.45, 2.75) is 70.1 Å². The Morgan fingerprint density at radius 2 is 1.86 bits per heavy atom. The maximum Gasteiger partial charge on any atom is 0.412 e. The van der Waals surface area contributed by atoms with E-state index in [-0.39, 0.29) is 16.7 Å². The number of carbonyl (C=O) groups excluding carboxylic acids is 1. The molecule has 0 spiro atoms. The lowest BCUT2D eigenvalue weighted by molar-refractivity contribution is -0.110. The predicted octanol–water partition coefficient (Wildman–Crippen LogP) is 4.26. The van der Waals surface area contributed by atoms with Crippen LogP contribution >= 0.6 is 15.9 Å². The average Bonchev–Trinajstić information content (AvgIpc) is 3.45. The van der Waals surface area contributed by atoms with Gasteiger partial charge in [-0.15, -0.1) is 0 Å². The summed E-state index contributed by atoms with van der Waals surface area (Å²) < 4.78 is 40.6. The second-order valence-electron chi connectivity index (χ2n) is 8.73. The molecule has 1 atom stereocenters. The number of nitrogens with one attached hydrogen (secondary N) is 1. The van der Waals surface area contributed by atoms with E-state index in [0.29, 0.717) is 17.6 Å². The molecular formula is C20H29BrN2O5S. The smallest absolute Gasteiger partial charge is 0.412 e. The number of halogens is 1. The van der Waals surface area contributed by atoms with Crippen molar-refractivity contribution in [2.75, 3.05) is 13.1 Å². The Labute approximate surface area is 181 Å². The Morgan fingerprint density at radius 1 is 1.21 bits per heavy atom. The summed E-state index contributed by atoms with van der Waals surface area (Å²) in [4.78, 5) is 14.3. The van der Waals surface area contributed by atoms with E-state index in [9.17, 15) is 13.2 Å². The van der Waals surface area contributed by atoms with Crippen LogP contribution in [0.25, 0.3) is 0 Å². The Bertz CT molecular complexity index is 843. The van der Waals surface area contributed by atoms with E-state index in [4.69, 9.17) is 9.47 Å². The summed E-state index contributed by atoms with van der Waals surface area (Å²) in [6.07, 6.45) is 3.33. The lowest BCUT2D eigenvalue weighted by Crippen LogP contribution is -2.43. The van der Waals surface area contributed by atoms with Crippen molar-refractivity contribution in [1.82, 2.24) is 9.62 Å². The minimum absolute atomic E-state index is 0.0258. The third-order valence-corrected chi connectivity index (χ3v) is 6.89. The minimum Gasteiger partial charge on any atom is -0.453 e. The van der Waals surface area contributed by atoms with Crippen LogP contribution in [0.1, 0.15) is 52.9 Å². The number of nitrogens with zero attached hydrogens (tertiary/aromatic N) is 1. The number of rotatable bonds is 6. The van der Waals surface area contributed by atoms with Crippen LogP contribution < -0.4 is 9.46 Å². The first-order valence-corrected chi connectivity index (χ1v) is 12.3. The van der Waals surface area contributed by atoms with Crippen molar-refractivity contribution in [2.24, 2.45) is 5.41 Å². The van der Waals surface area contributed by atoms with Crippen LogP contribution in [0.15, 0.2) is 27.6 Å². The van der Waals surface area contributed by atoms with Gasteiger partial charge in [0.2, 0.25) is 10.0 Å². The Morgan fingerprint density at radius 3 is 2.45 bits per heavy atom. The third-order valence-electron chi connectivity index (χ3n) is 4.86. The van der Waals surface area contributed by atoms with Crippen LogP contribution in [0.2, 0.25) is 0 Å². The molecule has 2 fully saturated rings. The van der Waals surface area contributed by atoms with Crippen LogP contribution in [-0.2, 0) is 14.8 Å². The first kappa shape index (κ1) is 22.4. The lowest BCUT2D eigenvalue weighted by Gasteiger charge is -2.34. The topological polar surface area (TPSA) is 84.9 Å². The van der Waals surface area contributed by atoms with Crippen LogP contribution in [0.3, 0.4) is 0 Å². The summed E-state index contributed by atoms with van der Waals surface area (Å²) in [5.41, 5.74) is -0.552. The zero-order chi connectivity index (χ0) is 21.2. The molecule has 162 valence electrons. The van der Waals surface area contributed by atoms with Gasteiger partial charge < -0.3 is 14.4 Å². The normalized spacial score (nSPS) is 19.0. The highest BCUT2D eigenvalue weighted by molar-refractivity contribution is 9.10. The number of carbonyl (C=O) groups is 1. The summed E-state index contributed by atoms with van der Waals surface area (Å²) in [5, 5.41) is 0. The number of sulfonamides is 1. The third kappa shape index (κ3) is 6.08. The molecule has 1 aliphatic carbocycles. The van der Waals surface area contributed by atoms with Gasteiger partial charge in [0.25, 0.3) is 6.29 Å². The van der Waals surface area contributed by atoms with Gasteiger partial charge in [-0.2, -0.15) is 0 Å². The van der Waals surface area contributed by atoms with Gasteiger partial charge in [-0.3, -0.25) is 0 Å². The quantitative estimate of drug-likeness (QED) is 0.604. The van der Waals surface area contributed by atoms with Gasteiger partial charge in [0.15, 0.2) is 0 Å². The number of ether oxygens (including phenoxy) is 2. The van der Waals surface area contributed by atoms with Gasteiger partial charge in [-0.25, -0.2) is 17.9 Å². The number of amides is 1. The number of piperidine rings is 1. The summed E-state index contributed by atoms with van der Waals surface area (Å²) in [5.74, 6) is 0.160. The van der Waals surface area contributed by atoms with Crippen LogP contribution in [-0.4, -0.2) is 44.8 Å². The van der Waals surface area contributed by atoms with Crippen LogP contribution in [0.4, 0.5) is 4.79 Å². The van der Waals surface area contributed by atoms with Gasteiger partial charge in [-0.1, -0.05) is 36.7 Å². The summed E-state index contributed by atoms with van der Waals surface area (Å²) in [6, 6.07) is 4.77. The first-order valence-electron chi connectivity index (χ1n) is 10.0. The number of hydrogen-bond donors (Lipinski definition) is 1. The minimum atomic E-state index is -3.75. The zero-order valence-electron chi connectivity index (χ0n) is 17.1. The molecule has 3 rings (SSSR count). The first-order chi connectivity index (χ1) is 13.6. The highest BCUT2D eigenvalue weighted by Crippen LogP contribution is 2.34. The van der Waals surface area contributed by atoms with E-state index in [0.717, 1.165) is 32.1 Å². The fraction of sp³-hybridized carbons (Fsp3) is 0.650. The van der Waals surface area contributed by atoms with Crippen LogP contribution in [0, 0.1) is 5.41 Å². The van der Waals surface area contributed by atoms with E-state index < -0.39 is 27.8 Å². The molecule has 1 saturated carbocycles. The molecule has 0 bridgehead atoms. The highest BCUT2D eigenvalue weighted by atomic mass is 79.9. The SMILES string of the molecule is CC(C)(C)C(OC(=O)N1CCCCC1)Oc1ccc(Br)cc1S(=O)(=O)NC1CC1. The van der Waals surface area contributed by atoms with Gasteiger partial charge in [0, 0.05) is 29.0 Å². The van der Waals surface area contributed by atoms with E-state index in [2.05, 4.69) is 20.7 Å². The molecule has 1 heterocycles. The number of likely N-dealkylation sites (tertiary alicyclic amines) is 1. The summed E-state index contributed by atoms with van der Waals surface area (Å²) in [7, 11) is -3.75. The highest BCUT2D eigenvalue weighted by Gasteiger charge is 2.35. The van der Waals surface area contributed by atoms with Crippen molar-refractivity contribution in [1.29, 1.82) is 0 Å². The summed E-state index contributed by atoms with van der Waals surface area (Å²) >= 11 is 3.33. The fourth-order valence-electron chi connectivity index (χ4n) is 3.01. The molecular weight excluding hydrogens is 460 g/mol. The molecule has 1 saturated heterocycles.